The normalized spacial score (nSPS) is 16.9. The molecule has 0 aliphatic carbocycles. The number of hydrogen-bond acceptors (Lipinski definition) is 3. The Morgan fingerprint density at radius 3 is 2.28 bits per heavy atom. The van der Waals surface area contributed by atoms with Crippen molar-refractivity contribution in [3.63, 3.8) is 0 Å². The largest absolute Gasteiger partial charge is 0.361 e. The molecule has 5 heteroatoms. The monoisotopic (exact) mass is 393 g/mol. The van der Waals surface area contributed by atoms with E-state index >= 15 is 0 Å². The van der Waals surface area contributed by atoms with E-state index in [1.54, 1.807) is 0 Å². The van der Waals surface area contributed by atoms with Gasteiger partial charge in [0.2, 0.25) is 0 Å². The molecule has 0 aromatic heterocycles. The Bertz CT molecular complexity index is 874. The number of hydrogen-bond donors (Lipinski definition) is 2. The first kappa shape index (κ1) is 20.9. The van der Waals surface area contributed by atoms with Crippen LogP contribution in [0.4, 0.5) is 5.69 Å². The average Bonchev–Trinajstić information content (AvgIpc) is 2.94. The van der Waals surface area contributed by atoms with Gasteiger partial charge in [0.15, 0.2) is 0 Å². The Kier molecular flexibility index (Phi) is 6.26. The second-order valence-electron chi connectivity index (χ2n) is 8.57. The van der Waals surface area contributed by atoms with Gasteiger partial charge in [-0.05, 0) is 49.1 Å². The van der Waals surface area contributed by atoms with Crippen molar-refractivity contribution < 1.29 is 9.59 Å². The summed E-state index contributed by atoms with van der Waals surface area (Å²) in [7, 11) is 0. The van der Waals surface area contributed by atoms with Crippen molar-refractivity contribution in [3.8, 4) is 0 Å². The molecule has 0 bridgehead atoms. The van der Waals surface area contributed by atoms with E-state index in [1.165, 1.54) is 0 Å². The lowest BCUT2D eigenvalue weighted by Gasteiger charge is -2.28. The predicted molar refractivity (Wildman–Crippen MR) is 117 cm³/mol. The molecule has 0 saturated heterocycles. The third-order valence-electron chi connectivity index (χ3n) is 5.43. The van der Waals surface area contributed by atoms with Gasteiger partial charge in [-0.3, -0.25) is 9.59 Å². The molecule has 1 aliphatic heterocycles. The van der Waals surface area contributed by atoms with Crippen LogP contribution >= 0.6 is 0 Å². The molecule has 1 aliphatic rings. The number of carbonyl (C=O) groups is 2. The average molecular weight is 394 g/mol. The van der Waals surface area contributed by atoms with Gasteiger partial charge in [0.05, 0.1) is 0 Å². The lowest BCUT2D eigenvalue weighted by molar-refractivity contribution is 0.0720. The Hall–Kier alpha value is -2.82. The minimum absolute atomic E-state index is 0.0606. The summed E-state index contributed by atoms with van der Waals surface area (Å²) in [4.78, 5) is 27.2. The Labute approximate surface area is 173 Å². The highest BCUT2D eigenvalue weighted by atomic mass is 16.2. The topological polar surface area (TPSA) is 61.4 Å². The van der Waals surface area contributed by atoms with Gasteiger partial charge >= 0.3 is 0 Å². The third-order valence-corrected chi connectivity index (χ3v) is 5.43. The minimum atomic E-state index is -0.207. The Balaban J connectivity index is 1.77. The number of amides is 2. The molecule has 2 amide bonds. The van der Waals surface area contributed by atoms with E-state index in [4.69, 9.17) is 0 Å². The van der Waals surface area contributed by atoms with Crippen LogP contribution in [-0.2, 0) is 0 Å². The maximum atomic E-state index is 12.9. The summed E-state index contributed by atoms with van der Waals surface area (Å²) < 4.78 is 0. The lowest BCUT2D eigenvalue weighted by Crippen LogP contribution is -2.36. The molecule has 2 N–H and O–H groups in total. The van der Waals surface area contributed by atoms with Crippen LogP contribution in [0.1, 0.15) is 67.1 Å². The van der Waals surface area contributed by atoms with Gasteiger partial charge in [-0.25, -0.2) is 0 Å². The SMILES string of the molecule is CC(C)CN1C(=O)c2ccccc2C1Nc1ccc(C(=O)NC(C)C(C)C)cc1. The van der Waals surface area contributed by atoms with Crippen LogP contribution in [0.25, 0.3) is 0 Å². The number of carbonyl (C=O) groups excluding carboxylic acids is 2. The van der Waals surface area contributed by atoms with E-state index in [0.717, 1.165) is 16.8 Å². The second kappa shape index (κ2) is 8.68. The van der Waals surface area contributed by atoms with Crippen LogP contribution in [0.3, 0.4) is 0 Å². The van der Waals surface area contributed by atoms with E-state index in [1.807, 2.05) is 60.4 Å². The van der Waals surface area contributed by atoms with Crippen LogP contribution in [0.5, 0.6) is 0 Å². The van der Waals surface area contributed by atoms with Gasteiger partial charge in [0.1, 0.15) is 6.17 Å². The van der Waals surface area contributed by atoms with Gasteiger partial charge in [0, 0.05) is 35.0 Å². The zero-order valence-electron chi connectivity index (χ0n) is 17.9. The molecule has 5 nitrogen and oxygen atoms in total. The number of nitrogens with zero attached hydrogens (tertiary/aromatic N) is 1. The summed E-state index contributed by atoms with van der Waals surface area (Å²) >= 11 is 0. The van der Waals surface area contributed by atoms with Gasteiger partial charge in [-0.2, -0.15) is 0 Å². The zero-order chi connectivity index (χ0) is 21.1. The molecule has 3 rings (SSSR count). The van der Waals surface area contributed by atoms with Crippen molar-refractivity contribution in [1.29, 1.82) is 0 Å². The molecular formula is C24H31N3O2. The molecule has 0 spiro atoms. The van der Waals surface area contributed by atoms with Crippen LogP contribution in [0, 0.1) is 11.8 Å². The first-order chi connectivity index (χ1) is 13.8. The molecular weight excluding hydrogens is 362 g/mol. The summed E-state index contributed by atoms with van der Waals surface area (Å²) in [6.07, 6.45) is -0.207. The third kappa shape index (κ3) is 4.61. The van der Waals surface area contributed by atoms with Crippen molar-refractivity contribution in [3.05, 3.63) is 65.2 Å². The fourth-order valence-electron chi connectivity index (χ4n) is 3.44. The fourth-order valence-corrected chi connectivity index (χ4v) is 3.44. The van der Waals surface area contributed by atoms with Gasteiger partial charge in [0.25, 0.3) is 11.8 Å². The number of nitrogens with one attached hydrogen (secondary N) is 2. The number of rotatable bonds is 7. The zero-order valence-corrected chi connectivity index (χ0v) is 17.9. The number of fused-ring (bicyclic) bond motifs is 1. The van der Waals surface area contributed by atoms with Crippen LogP contribution < -0.4 is 10.6 Å². The quantitative estimate of drug-likeness (QED) is 0.718. The molecule has 1 heterocycles. The summed E-state index contributed by atoms with van der Waals surface area (Å²) in [6, 6.07) is 15.3. The summed E-state index contributed by atoms with van der Waals surface area (Å²) in [5, 5.41) is 6.50. The molecule has 0 radical (unpaired) electrons. The maximum Gasteiger partial charge on any atom is 0.256 e. The van der Waals surface area contributed by atoms with Crippen LogP contribution in [0.2, 0.25) is 0 Å². The molecule has 2 aromatic rings. The van der Waals surface area contributed by atoms with Gasteiger partial charge < -0.3 is 15.5 Å². The van der Waals surface area contributed by atoms with E-state index in [2.05, 4.69) is 38.3 Å². The molecule has 29 heavy (non-hydrogen) atoms. The molecule has 0 saturated carbocycles. The molecule has 154 valence electrons. The predicted octanol–water partition coefficient (Wildman–Crippen LogP) is 4.68. The highest BCUT2D eigenvalue weighted by molar-refractivity contribution is 5.99. The van der Waals surface area contributed by atoms with Gasteiger partial charge in [-0.15, -0.1) is 0 Å². The standard InChI is InChI=1S/C24H31N3O2/c1-15(2)14-27-22(20-8-6-7-9-21(20)24(27)29)26-19-12-10-18(11-13-19)23(28)25-17(5)16(3)4/h6-13,15-17,22,26H,14H2,1-5H3,(H,25,28). The van der Waals surface area contributed by atoms with Crippen molar-refractivity contribution >= 4 is 17.5 Å². The van der Waals surface area contributed by atoms with Crippen molar-refractivity contribution in [2.24, 2.45) is 11.8 Å². The van der Waals surface area contributed by atoms with Crippen molar-refractivity contribution in [2.75, 3.05) is 11.9 Å². The Morgan fingerprint density at radius 1 is 1.00 bits per heavy atom. The molecule has 0 fully saturated rings. The summed E-state index contributed by atoms with van der Waals surface area (Å²) in [5.41, 5.74) is 3.25. The molecule has 2 atom stereocenters. The number of benzene rings is 2. The molecule has 2 unspecified atom stereocenters. The van der Waals surface area contributed by atoms with Crippen LogP contribution in [0.15, 0.2) is 48.5 Å². The van der Waals surface area contributed by atoms with Gasteiger partial charge in [-0.1, -0.05) is 45.9 Å². The molecule has 2 aromatic carbocycles. The van der Waals surface area contributed by atoms with Crippen molar-refractivity contribution in [2.45, 2.75) is 46.8 Å². The van der Waals surface area contributed by atoms with E-state index in [0.29, 0.717) is 23.9 Å². The summed E-state index contributed by atoms with van der Waals surface area (Å²) in [6.45, 7) is 11.1. The first-order valence-electron chi connectivity index (χ1n) is 10.3. The Morgan fingerprint density at radius 2 is 1.66 bits per heavy atom. The fraction of sp³-hybridized carbons (Fsp3) is 0.417. The minimum Gasteiger partial charge on any atom is -0.361 e. The van der Waals surface area contributed by atoms with E-state index in [-0.39, 0.29) is 24.0 Å². The summed E-state index contributed by atoms with van der Waals surface area (Å²) in [5.74, 6) is 0.740. The number of anilines is 1. The second-order valence-corrected chi connectivity index (χ2v) is 8.57. The highest BCUT2D eigenvalue weighted by Crippen LogP contribution is 2.34. The van der Waals surface area contributed by atoms with E-state index in [9.17, 15) is 9.59 Å². The smallest absolute Gasteiger partial charge is 0.256 e. The lowest BCUT2D eigenvalue weighted by atomic mass is 10.1. The van der Waals surface area contributed by atoms with Crippen molar-refractivity contribution in [1.82, 2.24) is 10.2 Å². The maximum absolute atomic E-state index is 12.9. The first-order valence-corrected chi connectivity index (χ1v) is 10.3. The van der Waals surface area contributed by atoms with Crippen LogP contribution in [-0.4, -0.2) is 29.3 Å². The van der Waals surface area contributed by atoms with E-state index < -0.39 is 0 Å². The highest BCUT2D eigenvalue weighted by Gasteiger charge is 2.36.